The van der Waals surface area contributed by atoms with Crippen LogP contribution in [0.1, 0.15) is 6.42 Å². The van der Waals surface area contributed by atoms with Gasteiger partial charge < -0.3 is 10.5 Å². The number of aliphatic carboxylic acids is 1. The second kappa shape index (κ2) is 3.23. The fraction of sp³-hybridized carbons (Fsp3) is 0.667. The van der Waals surface area contributed by atoms with E-state index in [1.807, 2.05) is 0 Å². The molecule has 0 aromatic carbocycles. The average Bonchev–Trinajstić information content (AvgIpc) is 2.31. The van der Waals surface area contributed by atoms with Crippen molar-refractivity contribution in [2.45, 2.75) is 12.6 Å². The average molecular weight is 196 g/mol. The van der Waals surface area contributed by atoms with Crippen LogP contribution in [0.5, 0.6) is 0 Å². The first kappa shape index (κ1) is 9.82. The zero-order valence-electron chi connectivity index (χ0n) is 6.43. The van der Waals surface area contributed by atoms with Gasteiger partial charge >= 0.3 is 12.1 Å². The predicted octanol–water partition coefficient (Wildman–Crippen LogP) is 0.599. The number of nitrogens with one attached hydrogen (secondary N) is 1. The highest BCUT2D eigenvalue weighted by Crippen LogP contribution is 2.26. The van der Waals surface area contributed by atoms with Crippen molar-refractivity contribution < 1.29 is 23.1 Å². The summed E-state index contributed by atoms with van der Waals surface area (Å²) in [5.41, 5.74) is 1.11. The summed E-state index contributed by atoms with van der Waals surface area (Å²) in [6, 6.07) is 0. The highest BCUT2D eigenvalue weighted by Gasteiger charge is 2.43. The number of hydrogen-bond acceptors (Lipinski definition) is 3. The molecule has 1 unspecified atom stereocenters. The normalized spacial score (nSPS) is 22.4. The smallest absolute Gasteiger partial charge is 0.431 e. The van der Waals surface area contributed by atoms with E-state index in [4.69, 9.17) is 5.11 Å². The maximum atomic E-state index is 12.1. The molecule has 0 saturated heterocycles. The molecule has 0 bridgehead atoms. The number of hydrazone groups is 1. The molecule has 0 aromatic heterocycles. The number of nitrogens with zero attached hydrogens (tertiary/aromatic N) is 1. The van der Waals surface area contributed by atoms with Crippen molar-refractivity contribution >= 4 is 11.7 Å². The Morgan fingerprint density at radius 3 is 2.77 bits per heavy atom. The van der Waals surface area contributed by atoms with Crippen LogP contribution in [0.4, 0.5) is 13.2 Å². The predicted molar refractivity (Wildman–Crippen MR) is 37.2 cm³/mol. The molecular weight excluding hydrogens is 189 g/mol. The van der Waals surface area contributed by atoms with Gasteiger partial charge in [0, 0.05) is 12.5 Å². The van der Waals surface area contributed by atoms with Gasteiger partial charge in [0.15, 0.2) is 0 Å². The van der Waals surface area contributed by atoms with Crippen molar-refractivity contribution in [2.75, 3.05) is 6.54 Å². The first-order valence-electron chi connectivity index (χ1n) is 3.50. The molecule has 1 atom stereocenters. The van der Waals surface area contributed by atoms with Crippen molar-refractivity contribution in [3.8, 4) is 0 Å². The first-order valence-corrected chi connectivity index (χ1v) is 3.50. The van der Waals surface area contributed by atoms with E-state index in [1.165, 1.54) is 0 Å². The second-order valence-electron chi connectivity index (χ2n) is 2.65. The van der Waals surface area contributed by atoms with E-state index in [0.717, 1.165) is 0 Å². The summed E-state index contributed by atoms with van der Waals surface area (Å²) in [5.74, 6) is -2.33. The van der Waals surface area contributed by atoms with Crippen LogP contribution in [0, 0.1) is 5.92 Å². The molecule has 2 N–H and O–H groups in total. The molecule has 0 amide bonds. The molecule has 1 rings (SSSR count). The topological polar surface area (TPSA) is 61.7 Å². The van der Waals surface area contributed by atoms with E-state index in [9.17, 15) is 18.0 Å². The molecule has 0 aromatic rings. The Kier molecular flexibility index (Phi) is 2.44. The van der Waals surface area contributed by atoms with Gasteiger partial charge in [-0.15, -0.1) is 0 Å². The van der Waals surface area contributed by atoms with Crippen molar-refractivity contribution in [3.63, 3.8) is 0 Å². The fourth-order valence-corrected chi connectivity index (χ4v) is 1.10. The Bertz CT molecular complexity index is 249. The third-order valence-corrected chi connectivity index (χ3v) is 1.64. The van der Waals surface area contributed by atoms with E-state index < -0.39 is 30.2 Å². The van der Waals surface area contributed by atoms with Crippen LogP contribution >= 0.6 is 0 Å². The lowest BCUT2D eigenvalue weighted by molar-refractivity contribution is -0.137. The Labute approximate surface area is 71.4 Å². The first-order chi connectivity index (χ1) is 5.91. The molecule has 1 aliphatic heterocycles. The zero-order chi connectivity index (χ0) is 10.1. The quantitative estimate of drug-likeness (QED) is 0.679. The summed E-state index contributed by atoms with van der Waals surface area (Å²) >= 11 is 0. The minimum atomic E-state index is -4.54. The number of carboxylic acids is 1. The molecular formula is C6H7F3N2O2. The number of carboxylic acid groups (broad SMARTS) is 1. The van der Waals surface area contributed by atoms with Gasteiger partial charge in [-0.3, -0.25) is 4.79 Å². The largest absolute Gasteiger partial charge is 0.481 e. The van der Waals surface area contributed by atoms with Crippen LogP contribution in [0.2, 0.25) is 0 Å². The lowest BCUT2D eigenvalue weighted by Gasteiger charge is -2.11. The monoisotopic (exact) mass is 196 g/mol. The summed E-state index contributed by atoms with van der Waals surface area (Å²) in [7, 11) is 0. The lowest BCUT2D eigenvalue weighted by Crippen LogP contribution is -2.30. The number of alkyl halides is 3. The van der Waals surface area contributed by atoms with Crippen molar-refractivity contribution in [2.24, 2.45) is 11.0 Å². The van der Waals surface area contributed by atoms with E-state index in [2.05, 4.69) is 10.5 Å². The Morgan fingerprint density at radius 2 is 2.31 bits per heavy atom. The van der Waals surface area contributed by atoms with Crippen molar-refractivity contribution in [1.82, 2.24) is 5.43 Å². The van der Waals surface area contributed by atoms with Gasteiger partial charge in [-0.25, -0.2) is 0 Å². The lowest BCUT2D eigenvalue weighted by atomic mass is 10.0. The van der Waals surface area contributed by atoms with Gasteiger partial charge in [0.2, 0.25) is 0 Å². The van der Waals surface area contributed by atoms with Gasteiger partial charge in [-0.1, -0.05) is 0 Å². The van der Waals surface area contributed by atoms with Crippen LogP contribution in [0.25, 0.3) is 0 Å². The molecule has 4 nitrogen and oxygen atoms in total. The molecule has 1 aliphatic rings. The minimum absolute atomic E-state index is 0.0683. The summed E-state index contributed by atoms with van der Waals surface area (Å²) in [5, 5.41) is 11.3. The van der Waals surface area contributed by atoms with Gasteiger partial charge in [-0.2, -0.15) is 18.3 Å². The Hall–Kier alpha value is -1.27. The maximum Gasteiger partial charge on any atom is 0.431 e. The van der Waals surface area contributed by atoms with Crippen molar-refractivity contribution in [1.29, 1.82) is 0 Å². The van der Waals surface area contributed by atoms with Crippen LogP contribution in [0.3, 0.4) is 0 Å². The van der Waals surface area contributed by atoms with E-state index in [0.29, 0.717) is 0 Å². The summed E-state index contributed by atoms with van der Waals surface area (Å²) < 4.78 is 36.3. The molecule has 7 heteroatoms. The molecule has 74 valence electrons. The molecule has 13 heavy (non-hydrogen) atoms. The van der Waals surface area contributed by atoms with Crippen LogP contribution in [-0.2, 0) is 4.79 Å². The number of hydrogen-bond donors (Lipinski definition) is 2. The number of rotatable bonds is 2. The van der Waals surface area contributed by atoms with Gasteiger partial charge in [0.25, 0.3) is 0 Å². The third kappa shape index (κ3) is 2.33. The fourth-order valence-electron chi connectivity index (χ4n) is 1.10. The van der Waals surface area contributed by atoms with E-state index >= 15 is 0 Å². The van der Waals surface area contributed by atoms with Gasteiger partial charge in [0.1, 0.15) is 5.71 Å². The Morgan fingerprint density at radius 1 is 1.69 bits per heavy atom. The maximum absolute atomic E-state index is 12.1. The highest BCUT2D eigenvalue weighted by molar-refractivity contribution is 5.95. The highest BCUT2D eigenvalue weighted by atomic mass is 19.4. The van der Waals surface area contributed by atoms with Crippen LogP contribution < -0.4 is 5.43 Å². The molecule has 1 heterocycles. The number of carbonyl (C=O) groups is 1. The molecule has 0 aliphatic carbocycles. The van der Waals surface area contributed by atoms with Crippen LogP contribution in [0.15, 0.2) is 5.10 Å². The summed E-state index contributed by atoms with van der Waals surface area (Å²) in [6.45, 7) is -0.0683. The summed E-state index contributed by atoms with van der Waals surface area (Å²) in [4.78, 5) is 10.2. The van der Waals surface area contributed by atoms with Crippen molar-refractivity contribution in [3.05, 3.63) is 0 Å². The third-order valence-electron chi connectivity index (χ3n) is 1.64. The van der Waals surface area contributed by atoms with Gasteiger partial charge in [-0.05, 0) is 0 Å². The minimum Gasteiger partial charge on any atom is -0.481 e. The van der Waals surface area contributed by atoms with Crippen LogP contribution in [-0.4, -0.2) is 29.5 Å². The van der Waals surface area contributed by atoms with E-state index in [1.54, 1.807) is 0 Å². The molecule has 0 radical (unpaired) electrons. The molecule has 0 saturated carbocycles. The Balaban J connectivity index is 2.69. The molecule has 0 fully saturated rings. The summed E-state index contributed by atoms with van der Waals surface area (Å²) in [6.07, 6.45) is -5.09. The van der Waals surface area contributed by atoms with Gasteiger partial charge in [0.05, 0.1) is 6.42 Å². The van der Waals surface area contributed by atoms with E-state index in [-0.39, 0.29) is 6.54 Å². The second-order valence-corrected chi connectivity index (χ2v) is 2.65. The zero-order valence-corrected chi connectivity index (χ0v) is 6.43. The standard InChI is InChI=1S/C6H7F3N2O2/c7-6(8,9)5-3(1-4(12)13)2-10-11-5/h3,10H,1-2H2,(H,12,13). The SMILES string of the molecule is O=C(O)CC1CNN=C1C(F)(F)F. The number of halogens is 3. The molecule has 0 spiro atoms.